The third kappa shape index (κ3) is 4.16. The van der Waals surface area contributed by atoms with E-state index in [0.717, 1.165) is 6.41 Å². The molecule has 0 atom stereocenters. The van der Waals surface area contributed by atoms with Gasteiger partial charge in [0.25, 0.3) is 5.91 Å². The summed E-state index contributed by atoms with van der Waals surface area (Å²) in [4.78, 5) is 35.3. The molecule has 1 aromatic rings. The van der Waals surface area contributed by atoms with E-state index in [0.29, 0.717) is 43.5 Å². The van der Waals surface area contributed by atoms with Gasteiger partial charge in [-0.25, -0.2) is 9.97 Å². The maximum absolute atomic E-state index is 12.6. The molecular formula is C15H23N5O2. The Bertz CT molecular complexity index is 560. The van der Waals surface area contributed by atoms with Crippen molar-refractivity contribution in [1.29, 1.82) is 0 Å². The van der Waals surface area contributed by atoms with E-state index in [1.165, 1.54) is 0 Å². The van der Waals surface area contributed by atoms with Gasteiger partial charge in [0.05, 0.1) is 0 Å². The summed E-state index contributed by atoms with van der Waals surface area (Å²) in [5, 5.41) is 3.26. The Morgan fingerprint density at radius 1 is 1.23 bits per heavy atom. The number of nitrogens with one attached hydrogen (secondary N) is 1. The van der Waals surface area contributed by atoms with Gasteiger partial charge in [-0.05, 0) is 27.7 Å². The molecule has 1 fully saturated rings. The van der Waals surface area contributed by atoms with Crippen molar-refractivity contribution < 1.29 is 9.59 Å². The number of hydrogen-bond acceptors (Lipinski definition) is 5. The van der Waals surface area contributed by atoms with Crippen molar-refractivity contribution in [1.82, 2.24) is 19.8 Å². The lowest BCUT2D eigenvalue weighted by molar-refractivity contribution is -0.119. The second-order valence-corrected chi connectivity index (χ2v) is 6.49. The van der Waals surface area contributed by atoms with Gasteiger partial charge < -0.3 is 15.1 Å². The van der Waals surface area contributed by atoms with Gasteiger partial charge in [-0.1, -0.05) is 0 Å². The first kappa shape index (κ1) is 16.2. The van der Waals surface area contributed by atoms with Crippen LogP contribution in [0.15, 0.2) is 6.07 Å². The molecule has 1 aromatic heterocycles. The Labute approximate surface area is 130 Å². The van der Waals surface area contributed by atoms with E-state index < -0.39 is 0 Å². The van der Waals surface area contributed by atoms with E-state index in [-0.39, 0.29) is 11.4 Å². The minimum Gasteiger partial charge on any atom is -0.365 e. The van der Waals surface area contributed by atoms with Gasteiger partial charge in [-0.15, -0.1) is 0 Å². The number of anilines is 1. The molecule has 0 unspecified atom stereocenters. The Hall–Kier alpha value is -2.18. The van der Waals surface area contributed by atoms with Crippen LogP contribution in [0.5, 0.6) is 0 Å². The Kier molecular flexibility index (Phi) is 4.63. The number of hydrogen-bond donors (Lipinski definition) is 1. The SMILES string of the molecule is Cc1nc(NC(C)(C)C)cc(C(=O)N2CCN(C=O)CC2)n1. The molecule has 2 heterocycles. The van der Waals surface area contributed by atoms with Crippen molar-refractivity contribution in [3.63, 3.8) is 0 Å². The summed E-state index contributed by atoms with van der Waals surface area (Å²) >= 11 is 0. The molecule has 7 heteroatoms. The van der Waals surface area contributed by atoms with E-state index in [1.54, 1.807) is 22.8 Å². The van der Waals surface area contributed by atoms with Crippen LogP contribution < -0.4 is 5.32 Å². The molecular weight excluding hydrogens is 282 g/mol. The summed E-state index contributed by atoms with van der Waals surface area (Å²) in [7, 11) is 0. The molecule has 0 spiro atoms. The number of rotatable bonds is 3. The van der Waals surface area contributed by atoms with E-state index in [9.17, 15) is 9.59 Å². The zero-order valence-electron chi connectivity index (χ0n) is 13.6. The highest BCUT2D eigenvalue weighted by atomic mass is 16.2. The summed E-state index contributed by atoms with van der Waals surface area (Å²) in [5.41, 5.74) is 0.246. The topological polar surface area (TPSA) is 78.4 Å². The monoisotopic (exact) mass is 305 g/mol. The number of carbonyl (C=O) groups is 2. The van der Waals surface area contributed by atoms with E-state index in [2.05, 4.69) is 15.3 Å². The molecule has 0 bridgehead atoms. The van der Waals surface area contributed by atoms with Crippen LogP contribution in [0, 0.1) is 6.92 Å². The highest BCUT2D eigenvalue weighted by Crippen LogP contribution is 2.15. The number of piperazine rings is 1. The summed E-state index contributed by atoms with van der Waals surface area (Å²) in [6, 6.07) is 1.69. The van der Waals surface area contributed by atoms with Crippen molar-refractivity contribution in [3.05, 3.63) is 17.6 Å². The van der Waals surface area contributed by atoms with Gasteiger partial charge in [-0.3, -0.25) is 9.59 Å². The zero-order chi connectivity index (χ0) is 16.3. The molecule has 1 aliphatic heterocycles. The maximum atomic E-state index is 12.6. The van der Waals surface area contributed by atoms with E-state index in [4.69, 9.17) is 0 Å². The molecule has 1 saturated heterocycles. The fourth-order valence-electron chi connectivity index (χ4n) is 2.32. The van der Waals surface area contributed by atoms with Crippen LogP contribution in [-0.4, -0.2) is 63.8 Å². The first-order chi connectivity index (χ1) is 10.3. The molecule has 2 amide bonds. The van der Waals surface area contributed by atoms with Crippen LogP contribution in [0.4, 0.5) is 5.82 Å². The minimum absolute atomic E-state index is 0.118. The number of aryl methyl sites for hydroxylation is 1. The normalized spacial score (nSPS) is 15.6. The van der Waals surface area contributed by atoms with Gasteiger partial charge in [0.1, 0.15) is 17.3 Å². The second-order valence-electron chi connectivity index (χ2n) is 6.49. The molecule has 0 radical (unpaired) electrons. The number of carbonyl (C=O) groups excluding carboxylic acids is 2. The van der Waals surface area contributed by atoms with Crippen molar-refractivity contribution in [3.8, 4) is 0 Å². The molecule has 0 aromatic carbocycles. The first-order valence-electron chi connectivity index (χ1n) is 7.41. The van der Waals surface area contributed by atoms with Gasteiger partial charge in [0.15, 0.2) is 0 Å². The van der Waals surface area contributed by atoms with Crippen molar-refractivity contribution in [2.24, 2.45) is 0 Å². The molecule has 0 aliphatic carbocycles. The Morgan fingerprint density at radius 3 is 2.41 bits per heavy atom. The fourth-order valence-corrected chi connectivity index (χ4v) is 2.32. The van der Waals surface area contributed by atoms with Crippen LogP contribution in [-0.2, 0) is 4.79 Å². The van der Waals surface area contributed by atoms with Gasteiger partial charge >= 0.3 is 0 Å². The molecule has 2 rings (SSSR count). The molecule has 1 N–H and O–H groups in total. The van der Waals surface area contributed by atoms with E-state index in [1.807, 2.05) is 20.8 Å². The summed E-state index contributed by atoms with van der Waals surface area (Å²) in [5.74, 6) is 1.09. The molecule has 1 aliphatic rings. The number of aromatic nitrogens is 2. The van der Waals surface area contributed by atoms with Gasteiger partial charge in [0.2, 0.25) is 6.41 Å². The van der Waals surface area contributed by atoms with E-state index >= 15 is 0 Å². The highest BCUT2D eigenvalue weighted by Gasteiger charge is 2.23. The highest BCUT2D eigenvalue weighted by molar-refractivity contribution is 5.93. The summed E-state index contributed by atoms with van der Waals surface area (Å²) < 4.78 is 0. The van der Waals surface area contributed by atoms with Crippen molar-refractivity contribution >= 4 is 18.1 Å². The molecule has 7 nitrogen and oxygen atoms in total. The zero-order valence-corrected chi connectivity index (χ0v) is 13.6. The Balaban J connectivity index is 2.14. The van der Waals surface area contributed by atoms with Crippen LogP contribution >= 0.6 is 0 Å². The van der Waals surface area contributed by atoms with Gasteiger partial charge in [-0.2, -0.15) is 0 Å². The predicted octanol–water partition coefficient (Wildman–Crippen LogP) is 0.910. The van der Waals surface area contributed by atoms with Crippen molar-refractivity contribution in [2.45, 2.75) is 33.2 Å². The summed E-state index contributed by atoms with van der Waals surface area (Å²) in [6.45, 7) is 10.1. The average molecular weight is 305 g/mol. The largest absolute Gasteiger partial charge is 0.365 e. The van der Waals surface area contributed by atoms with Crippen LogP contribution in [0.1, 0.15) is 37.1 Å². The van der Waals surface area contributed by atoms with Gasteiger partial charge in [0, 0.05) is 37.8 Å². The molecule has 120 valence electrons. The molecule has 0 saturated carbocycles. The first-order valence-corrected chi connectivity index (χ1v) is 7.41. The third-order valence-electron chi connectivity index (χ3n) is 3.31. The maximum Gasteiger partial charge on any atom is 0.272 e. The van der Waals surface area contributed by atoms with Crippen molar-refractivity contribution in [2.75, 3.05) is 31.5 Å². The number of nitrogens with zero attached hydrogens (tertiary/aromatic N) is 4. The average Bonchev–Trinajstić information content (AvgIpc) is 2.44. The van der Waals surface area contributed by atoms with Crippen LogP contribution in [0.3, 0.4) is 0 Å². The lowest BCUT2D eigenvalue weighted by atomic mass is 10.1. The second kappa shape index (κ2) is 6.29. The predicted molar refractivity (Wildman–Crippen MR) is 83.7 cm³/mol. The standard InChI is InChI=1S/C15H23N5O2/c1-11-16-12(9-13(17-11)18-15(2,3)4)14(22)20-7-5-19(10-21)6-8-20/h9-10H,5-8H2,1-4H3,(H,16,17,18). The summed E-state index contributed by atoms with van der Waals surface area (Å²) in [6.07, 6.45) is 0.821. The molecule has 22 heavy (non-hydrogen) atoms. The smallest absolute Gasteiger partial charge is 0.272 e. The quantitative estimate of drug-likeness (QED) is 0.840. The lowest BCUT2D eigenvalue weighted by Crippen LogP contribution is -2.48. The van der Waals surface area contributed by atoms with Crippen LogP contribution in [0.25, 0.3) is 0 Å². The Morgan fingerprint density at radius 2 is 1.86 bits per heavy atom. The third-order valence-corrected chi connectivity index (χ3v) is 3.31. The number of amides is 2. The minimum atomic E-state index is -0.142. The fraction of sp³-hybridized carbons (Fsp3) is 0.600. The lowest BCUT2D eigenvalue weighted by Gasteiger charge is -2.32. The van der Waals surface area contributed by atoms with Crippen LogP contribution in [0.2, 0.25) is 0 Å².